The highest BCUT2D eigenvalue weighted by atomic mass is 35.5. The maximum atomic E-state index is 12.0. The standard InChI is InChI=1S/C16H23ClN2O2/c1-16(2,3)21-15(20)19-14-10-12(17)4-5-13(14)11-6-8-18-9-7-11/h4-5,10-11,18H,6-9H2,1-3H3,(H,19,20). The summed E-state index contributed by atoms with van der Waals surface area (Å²) >= 11 is 6.07. The molecule has 0 atom stereocenters. The molecule has 1 amide bonds. The second kappa shape index (κ2) is 6.67. The van der Waals surface area contributed by atoms with E-state index in [4.69, 9.17) is 16.3 Å². The Hall–Kier alpha value is -1.26. The van der Waals surface area contributed by atoms with E-state index in [9.17, 15) is 4.79 Å². The van der Waals surface area contributed by atoms with Crippen molar-refractivity contribution in [3.05, 3.63) is 28.8 Å². The number of ether oxygens (including phenoxy) is 1. The van der Waals surface area contributed by atoms with Crippen LogP contribution in [0.5, 0.6) is 0 Å². The highest BCUT2D eigenvalue weighted by Gasteiger charge is 2.21. The Morgan fingerprint density at radius 3 is 2.62 bits per heavy atom. The van der Waals surface area contributed by atoms with Crippen LogP contribution < -0.4 is 10.6 Å². The van der Waals surface area contributed by atoms with Crippen LogP contribution in [0.3, 0.4) is 0 Å². The monoisotopic (exact) mass is 310 g/mol. The van der Waals surface area contributed by atoms with Gasteiger partial charge < -0.3 is 10.1 Å². The summed E-state index contributed by atoms with van der Waals surface area (Å²) in [5.74, 6) is 0.438. The minimum absolute atomic E-state index is 0.438. The number of halogens is 1. The highest BCUT2D eigenvalue weighted by molar-refractivity contribution is 6.31. The van der Waals surface area contributed by atoms with Crippen LogP contribution in [0.1, 0.15) is 45.1 Å². The third-order valence-electron chi connectivity index (χ3n) is 3.43. The topological polar surface area (TPSA) is 50.4 Å². The lowest BCUT2D eigenvalue weighted by atomic mass is 9.89. The average Bonchev–Trinajstić information content (AvgIpc) is 2.37. The zero-order chi connectivity index (χ0) is 15.5. The number of hydrogen-bond donors (Lipinski definition) is 2. The number of rotatable bonds is 2. The molecule has 1 saturated heterocycles. The number of amides is 1. The van der Waals surface area contributed by atoms with Gasteiger partial charge in [0, 0.05) is 10.7 Å². The molecule has 1 aliphatic heterocycles. The number of anilines is 1. The molecule has 1 aliphatic rings. The van der Waals surface area contributed by atoms with Crippen molar-refractivity contribution < 1.29 is 9.53 Å². The predicted molar refractivity (Wildman–Crippen MR) is 86.2 cm³/mol. The average molecular weight is 311 g/mol. The van der Waals surface area contributed by atoms with Crippen molar-refractivity contribution in [2.45, 2.75) is 45.1 Å². The lowest BCUT2D eigenvalue weighted by molar-refractivity contribution is 0.0635. The van der Waals surface area contributed by atoms with Gasteiger partial charge >= 0.3 is 6.09 Å². The number of carbonyl (C=O) groups is 1. The molecule has 0 saturated carbocycles. The molecule has 2 N–H and O–H groups in total. The Morgan fingerprint density at radius 2 is 2.00 bits per heavy atom. The second-order valence-corrected chi connectivity index (χ2v) is 6.82. The maximum absolute atomic E-state index is 12.0. The third-order valence-corrected chi connectivity index (χ3v) is 3.67. The normalized spacial score (nSPS) is 16.6. The van der Waals surface area contributed by atoms with E-state index in [1.165, 1.54) is 0 Å². The number of benzene rings is 1. The molecular weight excluding hydrogens is 288 g/mol. The molecule has 116 valence electrons. The molecule has 21 heavy (non-hydrogen) atoms. The van der Waals surface area contributed by atoms with Gasteiger partial charge in [-0.1, -0.05) is 17.7 Å². The smallest absolute Gasteiger partial charge is 0.412 e. The van der Waals surface area contributed by atoms with Gasteiger partial charge in [-0.2, -0.15) is 0 Å². The minimum atomic E-state index is -0.516. The first-order valence-electron chi connectivity index (χ1n) is 7.35. The summed E-state index contributed by atoms with van der Waals surface area (Å²) in [6, 6.07) is 5.67. The van der Waals surface area contributed by atoms with Gasteiger partial charge in [0.25, 0.3) is 0 Å². The van der Waals surface area contributed by atoms with Gasteiger partial charge in [0.1, 0.15) is 5.60 Å². The van der Waals surface area contributed by atoms with Crippen molar-refractivity contribution in [1.29, 1.82) is 0 Å². The molecule has 2 rings (SSSR count). The fourth-order valence-corrected chi connectivity index (χ4v) is 2.71. The summed E-state index contributed by atoms with van der Waals surface area (Å²) in [5.41, 5.74) is 1.37. The summed E-state index contributed by atoms with van der Waals surface area (Å²) in [6.45, 7) is 7.53. The van der Waals surface area contributed by atoms with Crippen LogP contribution in [0.15, 0.2) is 18.2 Å². The number of carbonyl (C=O) groups excluding carboxylic acids is 1. The van der Waals surface area contributed by atoms with Crippen molar-refractivity contribution in [3.8, 4) is 0 Å². The van der Waals surface area contributed by atoms with Gasteiger partial charge in [0.15, 0.2) is 0 Å². The fraction of sp³-hybridized carbons (Fsp3) is 0.562. The van der Waals surface area contributed by atoms with E-state index in [1.807, 2.05) is 32.9 Å². The van der Waals surface area contributed by atoms with Crippen molar-refractivity contribution in [2.24, 2.45) is 0 Å². The molecule has 1 fully saturated rings. The molecule has 0 unspecified atom stereocenters. The molecule has 4 nitrogen and oxygen atoms in total. The largest absolute Gasteiger partial charge is 0.444 e. The lowest BCUT2D eigenvalue weighted by Crippen LogP contribution is -2.29. The molecule has 1 aromatic rings. The molecule has 0 aromatic heterocycles. The first kappa shape index (κ1) is 16.1. The summed E-state index contributed by atoms with van der Waals surface area (Å²) in [5, 5.41) is 6.80. The van der Waals surface area contributed by atoms with Crippen molar-refractivity contribution in [1.82, 2.24) is 5.32 Å². The van der Waals surface area contributed by atoms with Crippen molar-refractivity contribution in [2.75, 3.05) is 18.4 Å². The first-order chi connectivity index (χ1) is 9.85. The van der Waals surface area contributed by atoms with Crippen LogP contribution in [0.4, 0.5) is 10.5 Å². The van der Waals surface area contributed by atoms with Crippen LogP contribution in [0.2, 0.25) is 5.02 Å². The molecule has 0 radical (unpaired) electrons. The minimum Gasteiger partial charge on any atom is -0.444 e. The van der Waals surface area contributed by atoms with Crippen LogP contribution in [-0.2, 0) is 4.74 Å². The highest BCUT2D eigenvalue weighted by Crippen LogP contribution is 2.33. The fourth-order valence-electron chi connectivity index (χ4n) is 2.54. The zero-order valence-corrected chi connectivity index (χ0v) is 13.6. The van der Waals surface area contributed by atoms with Gasteiger partial charge in [0.2, 0.25) is 0 Å². The Morgan fingerprint density at radius 1 is 1.33 bits per heavy atom. The Kier molecular flexibility index (Phi) is 5.12. The predicted octanol–water partition coefficient (Wildman–Crippen LogP) is 4.15. The molecule has 5 heteroatoms. The molecule has 0 spiro atoms. The molecule has 1 heterocycles. The van der Waals surface area contributed by atoms with Gasteiger partial charge in [0.05, 0.1) is 0 Å². The van der Waals surface area contributed by atoms with E-state index < -0.39 is 11.7 Å². The van der Waals surface area contributed by atoms with Gasteiger partial charge in [-0.05, 0) is 70.3 Å². The molecule has 0 aliphatic carbocycles. The third kappa shape index (κ3) is 4.90. The zero-order valence-electron chi connectivity index (χ0n) is 12.8. The van der Waals surface area contributed by atoms with Gasteiger partial charge in [-0.15, -0.1) is 0 Å². The lowest BCUT2D eigenvalue weighted by Gasteiger charge is -2.26. The SMILES string of the molecule is CC(C)(C)OC(=O)Nc1cc(Cl)ccc1C1CCNCC1. The first-order valence-corrected chi connectivity index (χ1v) is 7.73. The van der Waals surface area contributed by atoms with Crippen LogP contribution in [0.25, 0.3) is 0 Å². The van der Waals surface area contributed by atoms with E-state index in [1.54, 1.807) is 6.07 Å². The Bertz CT molecular complexity index is 505. The second-order valence-electron chi connectivity index (χ2n) is 6.38. The summed E-state index contributed by atoms with van der Waals surface area (Å²) in [6.07, 6.45) is 1.68. The Labute approximate surface area is 131 Å². The van der Waals surface area contributed by atoms with Crippen LogP contribution >= 0.6 is 11.6 Å². The van der Waals surface area contributed by atoms with Gasteiger partial charge in [-0.3, -0.25) is 5.32 Å². The summed E-state index contributed by atoms with van der Waals surface area (Å²) < 4.78 is 5.32. The van der Waals surface area contributed by atoms with E-state index in [-0.39, 0.29) is 0 Å². The van der Waals surface area contributed by atoms with E-state index in [0.29, 0.717) is 10.9 Å². The van der Waals surface area contributed by atoms with E-state index >= 15 is 0 Å². The molecular formula is C16H23ClN2O2. The van der Waals surface area contributed by atoms with Crippen LogP contribution in [-0.4, -0.2) is 24.8 Å². The number of nitrogens with one attached hydrogen (secondary N) is 2. The Balaban J connectivity index is 2.17. The van der Waals surface area contributed by atoms with Gasteiger partial charge in [-0.25, -0.2) is 4.79 Å². The molecule has 0 bridgehead atoms. The van der Waals surface area contributed by atoms with Crippen molar-refractivity contribution in [3.63, 3.8) is 0 Å². The number of hydrogen-bond acceptors (Lipinski definition) is 3. The maximum Gasteiger partial charge on any atom is 0.412 e. The van der Waals surface area contributed by atoms with Crippen LogP contribution in [0, 0.1) is 0 Å². The quantitative estimate of drug-likeness (QED) is 0.862. The number of piperidine rings is 1. The van der Waals surface area contributed by atoms with E-state index in [0.717, 1.165) is 37.2 Å². The summed E-state index contributed by atoms with van der Waals surface area (Å²) in [7, 11) is 0. The van der Waals surface area contributed by atoms with Crippen molar-refractivity contribution >= 4 is 23.4 Å². The summed E-state index contributed by atoms with van der Waals surface area (Å²) in [4.78, 5) is 12.0. The molecule has 1 aromatic carbocycles. The van der Waals surface area contributed by atoms with E-state index in [2.05, 4.69) is 10.6 Å².